The topological polar surface area (TPSA) is 0 Å². The fourth-order valence-corrected chi connectivity index (χ4v) is 24.9. The van der Waals surface area contributed by atoms with E-state index in [1.54, 1.807) is 70.6 Å². The molecule has 0 aromatic heterocycles. The molecule has 18 rings (SSSR count). The predicted octanol–water partition coefficient (Wildman–Crippen LogP) is 41.1. The Morgan fingerprint density at radius 2 is 0.485 bits per heavy atom. The van der Waals surface area contributed by atoms with Gasteiger partial charge in [0.25, 0.3) is 0 Å². The maximum Gasteiger partial charge on any atom is -0.0111 e. The highest BCUT2D eigenvalue weighted by atomic mass is 14.6. The summed E-state index contributed by atoms with van der Waals surface area (Å²) in [5, 5.41) is 0. The molecule has 0 nitrogen and oxygen atoms in total. The van der Waals surface area contributed by atoms with Crippen molar-refractivity contribution in [3.05, 3.63) is 285 Å². The summed E-state index contributed by atoms with van der Waals surface area (Å²) in [7, 11) is 0. The van der Waals surface area contributed by atoms with Gasteiger partial charge in [-0.2, -0.15) is 0 Å². The van der Waals surface area contributed by atoms with Crippen molar-refractivity contribution in [1.29, 1.82) is 0 Å². The van der Waals surface area contributed by atoms with Crippen molar-refractivity contribution in [2.24, 2.45) is 69.0 Å². The van der Waals surface area contributed by atoms with E-state index in [0.717, 1.165) is 52.8 Å². The predicted molar refractivity (Wildman–Crippen MR) is 605 cm³/mol. The summed E-state index contributed by atoms with van der Waals surface area (Å²) in [5.41, 5.74) is 36.5. The summed E-state index contributed by atoms with van der Waals surface area (Å²) in [6.45, 7) is 98.0. The highest BCUT2D eigenvalue weighted by Gasteiger charge is 2.56. The largest absolute Gasteiger partial charge is 0.0649 e. The Hall–Kier alpha value is -7.80. The molecule has 0 atom stereocenters. The fourth-order valence-electron chi connectivity index (χ4n) is 24.9. The Morgan fingerprint density at radius 1 is 0.235 bits per heavy atom. The molecule has 0 amide bonds. The van der Waals surface area contributed by atoms with Crippen LogP contribution in [0.3, 0.4) is 0 Å². The van der Waals surface area contributed by atoms with E-state index in [0.29, 0.717) is 16.2 Å². The quantitative estimate of drug-likeness (QED) is 0.156. The van der Waals surface area contributed by atoms with Crippen molar-refractivity contribution in [2.75, 3.05) is 0 Å². The fraction of sp³-hybridized carbons (Fsp3) is 0.559. The van der Waals surface area contributed by atoms with Gasteiger partial charge >= 0.3 is 0 Å². The molecule has 10 aromatic carbocycles. The zero-order chi connectivity index (χ0) is 101. The van der Waals surface area contributed by atoms with Gasteiger partial charge < -0.3 is 0 Å². The molecule has 0 unspecified atom stereocenters. The van der Waals surface area contributed by atoms with E-state index in [4.69, 9.17) is 0 Å². The van der Waals surface area contributed by atoms with Crippen molar-refractivity contribution >= 4 is 0 Å². The van der Waals surface area contributed by atoms with Crippen molar-refractivity contribution < 1.29 is 0 Å². The monoisotopic (exact) mass is 1830 g/mol. The van der Waals surface area contributed by atoms with E-state index in [9.17, 15) is 0 Å². The lowest BCUT2D eigenvalue weighted by atomic mass is 9.43. The molecular formula is C136H194. The minimum Gasteiger partial charge on any atom is -0.0649 e. The van der Waals surface area contributed by atoms with Crippen LogP contribution < -0.4 is 0 Å². The van der Waals surface area contributed by atoms with E-state index in [2.05, 4.69) is 509 Å². The first-order valence-corrected chi connectivity index (χ1v) is 53.5. The van der Waals surface area contributed by atoms with Crippen LogP contribution in [0.2, 0.25) is 0 Å². The van der Waals surface area contributed by atoms with Crippen LogP contribution in [0.1, 0.15) is 421 Å². The summed E-state index contributed by atoms with van der Waals surface area (Å²) < 4.78 is 0. The number of aryl methyl sites for hydroxylation is 2. The molecule has 8 bridgehead atoms. The molecule has 0 spiro atoms. The molecule has 8 aliphatic rings. The molecule has 0 saturated heterocycles. The Balaban J connectivity index is 0.000000172. The zero-order valence-corrected chi connectivity index (χ0v) is 94.9. The summed E-state index contributed by atoms with van der Waals surface area (Å²) in [6, 6.07) is 80.3. The van der Waals surface area contributed by atoms with Crippen LogP contribution >= 0.6 is 0 Å². The number of rotatable bonds is 6. The Bertz CT molecular complexity index is 5180. The summed E-state index contributed by atoms with van der Waals surface area (Å²) in [4.78, 5) is 0. The first kappa shape index (κ1) is 110. The molecule has 8 fully saturated rings. The average Bonchev–Trinajstić information content (AvgIpc) is 0.745. The van der Waals surface area contributed by atoms with Gasteiger partial charge in [-0.15, -0.1) is 0 Å². The molecule has 0 radical (unpaired) electrons. The Labute approximate surface area is 837 Å². The maximum absolute atomic E-state index is 2.49. The second-order valence-corrected chi connectivity index (χ2v) is 57.1. The van der Waals surface area contributed by atoms with Crippen molar-refractivity contribution in [3.63, 3.8) is 0 Å². The minimum absolute atomic E-state index is 0.0226. The van der Waals surface area contributed by atoms with E-state index in [-0.39, 0.29) is 54.1 Å². The first-order valence-electron chi connectivity index (χ1n) is 53.5. The van der Waals surface area contributed by atoms with Crippen LogP contribution in [-0.4, -0.2) is 0 Å². The minimum atomic E-state index is -0.0226. The molecule has 0 heteroatoms. The second kappa shape index (κ2) is 41.8. The lowest BCUT2D eigenvalue weighted by Crippen LogP contribution is -2.51. The highest BCUT2D eigenvalue weighted by molar-refractivity contribution is 5.86. The van der Waals surface area contributed by atoms with Gasteiger partial charge in [-0.05, 0) is 341 Å². The van der Waals surface area contributed by atoms with Gasteiger partial charge in [0, 0.05) is 0 Å². The van der Waals surface area contributed by atoms with Crippen LogP contribution in [0.5, 0.6) is 0 Å². The van der Waals surface area contributed by atoms with E-state index in [1.165, 1.54) is 140 Å². The van der Waals surface area contributed by atoms with Gasteiger partial charge in [-0.25, -0.2) is 0 Å². The van der Waals surface area contributed by atoms with E-state index >= 15 is 0 Å². The Morgan fingerprint density at radius 3 is 0.721 bits per heavy atom. The molecular weight excluding hydrogens is 1630 g/mol. The third kappa shape index (κ3) is 27.7. The molecule has 0 N–H and O–H groups in total. The molecule has 8 aliphatic carbocycles. The molecule has 738 valence electrons. The SMILES string of the molecule is CC(C)(C)C12CC3CC(CC(C3)C1)C2.CC(C)(C)C1C2CC3CC(C2)CC1C3.CC(C)(C)c1c(-c2ccccc2)cccc1-c1ccccc1.CC(C)(C)c1cc(-c2cccc(-c3cc(C(C)(C)C)cc(C(C)(C)C)c3)c2C(C)(C)C)cc(C(C)(C)C)c1.CC(C)(C)c1cccc(C(C)(C)C)c1C(C)(C)C.CCC(C)(C)C.Cc1cc(C)c(-c2ccccc2)c(C(C)(C)C)c1-c1ccccc1. The number of hydrogen-bond donors (Lipinski definition) is 0. The Kier molecular flexibility index (Phi) is 33.9. The van der Waals surface area contributed by atoms with E-state index in [1.807, 2.05) is 0 Å². The van der Waals surface area contributed by atoms with Gasteiger partial charge in [0.15, 0.2) is 0 Å². The molecule has 0 aliphatic heterocycles. The van der Waals surface area contributed by atoms with Gasteiger partial charge in [0.05, 0.1) is 0 Å². The van der Waals surface area contributed by atoms with Crippen LogP contribution in [0.4, 0.5) is 0 Å². The van der Waals surface area contributed by atoms with Crippen LogP contribution in [0, 0.1) is 82.9 Å². The third-order valence-electron chi connectivity index (χ3n) is 31.7. The van der Waals surface area contributed by atoms with Gasteiger partial charge in [-0.3, -0.25) is 0 Å². The average molecular weight is 1830 g/mol. The summed E-state index contributed by atoms with van der Waals surface area (Å²) >= 11 is 0. The van der Waals surface area contributed by atoms with Crippen molar-refractivity contribution in [1.82, 2.24) is 0 Å². The number of hydrogen-bond acceptors (Lipinski definition) is 0. The zero-order valence-electron chi connectivity index (χ0n) is 94.9. The molecule has 8 saturated carbocycles. The van der Waals surface area contributed by atoms with E-state index < -0.39 is 0 Å². The van der Waals surface area contributed by atoms with Gasteiger partial charge in [-0.1, -0.05) is 502 Å². The number of benzene rings is 10. The normalized spacial score (nSPS) is 20.6. The lowest BCUT2D eigenvalue weighted by Gasteiger charge is -2.62. The van der Waals surface area contributed by atoms with Crippen LogP contribution in [0.25, 0.3) is 66.8 Å². The van der Waals surface area contributed by atoms with Crippen LogP contribution in [0.15, 0.2) is 218 Å². The standard InChI is InChI=1S/C38H54.C24H26.C22H22.C18H30.2C14H24.C6H14/c1-34(2,3)27-19-25(20-28(23-27)35(4,5)6)31-17-16-18-32(33(31)38(13,14)15)26-21-29(36(7,8)9)24-30(22-26)37(10,11)12;1-17-16-18(2)22(20-14-10-7-11-15-20)23(24(3,4)5)21(17)19-12-8-6-9-13-19;1-22(2,3)21-19(17-11-6-4-7-12-17)15-10-16-20(21)18-13-8-5-9-14-18;1-16(2,3)13-11-10-12-14(17(4,5)6)15(13)18(7,8)9;1-13(2,3)14-7-10-4-11(8-14)6-12(5-10)9-14;1-14(2,3)13-11-5-9-4-10(7-11)8-12(13)6-9;1-5-6(2,3)4/h16-24H,1-15H3;6-16H,1-5H3;4-16H,1-3H3;10-12H,1-9H3;10-12H,4-9H2,1-3H3;9-13H,4-8H2,1-3H3;5H2,1-4H3. The molecule has 10 aromatic rings. The molecule has 0 heterocycles. The lowest BCUT2D eigenvalue weighted by molar-refractivity contribution is -0.113. The third-order valence-corrected chi connectivity index (χ3v) is 31.7. The maximum atomic E-state index is 2.49. The molecule has 136 heavy (non-hydrogen) atoms. The first-order chi connectivity index (χ1) is 62.4. The summed E-state index contributed by atoms with van der Waals surface area (Å²) in [5.74, 6) is 8.86. The van der Waals surface area contributed by atoms with Crippen molar-refractivity contribution in [3.8, 4) is 66.8 Å². The smallest absolute Gasteiger partial charge is 0.0111 e. The van der Waals surface area contributed by atoms with Gasteiger partial charge in [0.2, 0.25) is 0 Å². The van der Waals surface area contributed by atoms with Crippen LogP contribution in [-0.2, 0) is 54.1 Å². The van der Waals surface area contributed by atoms with Crippen molar-refractivity contribution in [2.45, 2.75) is 422 Å². The highest BCUT2D eigenvalue weighted by Crippen LogP contribution is 2.66. The van der Waals surface area contributed by atoms with Gasteiger partial charge in [0.1, 0.15) is 0 Å². The second-order valence-electron chi connectivity index (χ2n) is 57.1. The summed E-state index contributed by atoms with van der Waals surface area (Å²) in [6.07, 6.45) is 18.6.